The number of nitrogens with zero attached hydrogens (tertiary/aromatic N) is 5. The summed E-state index contributed by atoms with van der Waals surface area (Å²) in [5.74, 6) is 2.70. The maximum Gasteiger partial charge on any atom is 0.233 e. The zero-order valence-electron chi connectivity index (χ0n) is 22.2. The predicted molar refractivity (Wildman–Crippen MR) is 154 cm³/mol. The second-order valence-electron chi connectivity index (χ2n) is 8.85. The van der Waals surface area contributed by atoms with Crippen LogP contribution in [-0.2, 0) is 0 Å². The summed E-state index contributed by atoms with van der Waals surface area (Å²) in [5, 5.41) is 16.8. The molecule has 0 aliphatic rings. The average molecular weight is 531 g/mol. The first-order valence-corrected chi connectivity index (χ1v) is 12.6. The summed E-state index contributed by atoms with van der Waals surface area (Å²) < 4.78 is 18.4. The molecule has 0 unspecified atom stereocenters. The zero-order chi connectivity index (χ0) is 27.5. The summed E-state index contributed by atoms with van der Waals surface area (Å²) in [7, 11) is 4.82. The van der Waals surface area contributed by atoms with Crippen LogP contribution in [0.15, 0.2) is 97.1 Å². The molecule has 9 heteroatoms. The fourth-order valence-corrected chi connectivity index (χ4v) is 4.61. The third kappa shape index (κ3) is 4.54. The largest absolute Gasteiger partial charge is 0.497 e. The van der Waals surface area contributed by atoms with Gasteiger partial charge in [0.25, 0.3) is 0 Å². The van der Waals surface area contributed by atoms with Crippen molar-refractivity contribution in [2.75, 3.05) is 26.6 Å². The number of hydrogen-bond donors (Lipinski definition) is 1. The first-order chi connectivity index (χ1) is 19.7. The van der Waals surface area contributed by atoms with Crippen LogP contribution in [0.5, 0.6) is 17.5 Å². The molecule has 40 heavy (non-hydrogen) atoms. The molecule has 0 aliphatic carbocycles. The highest BCUT2D eigenvalue weighted by Gasteiger charge is 2.25. The van der Waals surface area contributed by atoms with E-state index >= 15 is 0 Å². The molecule has 0 saturated heterocycles. The molecular formula is C31H26N6O3. The summed E-state index contributed by atoms with van der Waals surface area (Å²) in [6, 6.07) is 31.4. The first kappa shape index (κ1) is 24.9. The van der Waals surface area contributed by atoms with E-state index in [4.69, 9.17) is 24.3 Å². The van der Waals surface area contributed by atoms with Gasteiger partial charge in [-0.05, 0) is 29.3 Å². The number of benzene rings is 3. The van der Waals surface area contributed by atoms with Gasteiger partial charge in [-0.3, -0.25) is 0 Å². The normalized spacial score (nSPS) is 10.9. The van der Waals surface area contributed by atoms with E-state index in [1.54, 1.807) is 38.0 Å². The molecular weight excluding hydrogens is 504 g/mol. The fourth-order valence-electron chi connectivity index (χ4n) is 4.61. The summed E-state index contributed by atoms with van der Waals surface area (Å²) >= 11 is 0. The van der Waals surface area contributed by atoms with Crippen molar-refractivity contribution >= 4 is 17.3 Å². The lowest BCUT2D eigenvalue weighted by atomic mass is 10.0. The van der Waals surface area contributed by atoms with Gasteiger partial charge in [-0.15, -0.1) is 10.2 Å². The third-order valence-corrected chi connectivity index (χ3v) is 6.50. The van der Waals surface area contributed by atoms with Crippen LogP contribution in [0.2, 0.25) is 0 Å². The number of aromatic nitrogens is 5. The molecule has 198 valence electrons. The minimum absolute atomic E-state index is 0.413. The van der Waals surface area contributed by atoms with E-state index in [2.05, 4.69) is 27.6 Å². The molecule has 0 bridgehead atoms. The molecule has 0 spiro atoms. The Hall–Kier alpha value is -5.44. The number of rotatable bonds is 8. The molecule has 1 N–H and O–H groups in total. The predicted octanol–water partition coefficient (Wildman–Crippen LogP) is 6.29. The lowest BCUT2D eigenvalue weighted by Gasteiger charge is -2.16. The Morgan fingerprint density at radius 2 is 1.30 bits per heavy atom. The van der Waals surface area contributed by atoms with Gasteiger partial charge in [-0.25, -0.2) is 4.98 Å². The van der Waals surface area contributed by atoms with Crippen molar-refractivity contribution in [2.45, 2.75) is 0 Å². The van der Waals surface area contributed by atoms with Crippen LogP contribution in [0.25, 0.3) is 39.2 Å². The van der Waals surface area contributed by atoms with Crippen LogP contribution < -0.4 is 19.5 Å². The van der Waals surface area contributed by atoms with Crippen molar-refractivity contribution < 1.29 is 14.2 Å². The van der Waals surface area contributed by atoms with Crippen LogP contribution in [-0.4, -0.2) is 46.1 Å². The van der Waals surface area contributed by atoms with Crippen molar-refractivity contribution in [1.82, 2.24) is 24.8 Å². The lowest BCUT2D eigenvalue weighted by Crippen LogP contribution is -2.07. The lowest BCUT2D eigenvalue weighted by molar-refractivity contribution is 0.387. The maximum atomic E-state index is 6.06. The molecule has 3 heterocycles. The number of fused-ring (bicyclic) bond motifs is 1. The molecule has 3 aromatic carbocycles. The molecule has 3 aromatic heterocycles. The maximum absolute atomic E-state index is 6.06. The van der Waals surface area contributed by atoms with Gasteiger partial charge in [0.05, 0.1) is 32.5 Å². The highest BCUT2D eigenvalue weighted by molar-refractivity contribution is 5.93. The summed E-state index contributed by atoms with van der Waals surface area (Å²) in [6.45, 7) is 0. The number of nitrogens with one attached hydrogen (secondary N) is 1. The molecule has 0 amide bonds. The molecule has 0 radical (unpaired) electrons. The summed E-state index contributed by atoms with van der Waals surface area (Å²) in [5.41, 5.74) is 5.82. The van der Waals surface area contributed by atoms with E-state index in [1.807, 2.05) is 72.8 Å². The molecule has 6 rings (SSSR count). The molecule has 0 atom stereocenters. The van der Waals surface area contributed by atoms with Crippen molar-refractivity contribution in [2.24, 2.45) is 0 Å². The highest BCUT2D eigenvalue weighted by atomic mass is 16.5. The fraction of sp³-hybridized carbons (Fsp3) is 0.0968. The van der Waals surface area contributed by atoms with Gasteiger partial charge >= 0.3 is 0 Å². The molecule has 0 aliphatic heterocycles. The minimum atomic E-state index is 0.413. The van der Waals surface area contributed by atoms with E-state index in [9.17, 15) is 0 Å². The van der Waals surface area contributed by atoms with Gasteiger partial charge in [-0.1, -0.05) is 72.8 Å². The second-order valence-corrected chi connectivity index (χ2v) is 8.85. The minimum Gasteiger partial charge on any atom is -0.497 e. The Morgan fingerprint density at radius 1 is 0.625 bits per heavy atom. The van der Waals surface area contributed by atoms with Gasteiger partial charge < -0.3 is 19.5 Å². The first-order valence-electron chi connectivity index (χ1n) is 12.6. The van der Waals surface area contributed by atoms with Crippen LogP contribution in [0.1, 0.15) is 0 Å². The van der Waals surface area contributed by atoms with Crippen LogP contribution in [0.4, 0.5) is 11.6 Å². The van der Waals surface area contributed by atoms with Gasteiger partial charge in [0.1, 0.15) is 17.3 Å². The van der Waals surface area contributed by atoms with Gasteiger partial charge in [0.15, 0.2) is 11.5 Å². The Kier molecular flexibility index (Phi) is 6.68. The van der Waals surface area contributed by atoms with Crippen molar-refractivity contribution in [1.29, 1.82) is 0 Å². The Morgan fingerprint density at radius 3 is 1.90 bits per heavy atom. The Bertz CT molecular complexity index is 1750. The smallest absolute Gasteiger partial charge is 0.233 e. The molecule has 9 nitrogen and oxygen atoms in total. The van der Waals surface area contributed by atoms with E-state index < -0.39 is 0 Å². The van der Waals surface area contributed by atoms with Crippen molar-refractivity contribution in [3.63, 3.8) is 0 Å². The van der Waals surface area contributed by atoms with E-state index in [1.165, 1.54) is 0 Å². The third-order valence-electron chi connectivity index (χ3n) is 6.50. The van der Waals surface area contributed by atoms with Crippen LogP contribution in [0, 0.1) is 0 Å². The number of anilines is 2. The van der Waals surface area contributed by atoms with E-state index in [0.29, 0.717) is 34.6 Å². The molecule has 0 saturated carbocycles. The second kappa shape index (κ2) is 10.7. The summed E-state index contributed by atoms with van der Waals surface area (Å²) in [6.07, 6.45) is 0. The molecule has 6 aromatic rings. The zero-order valence-corrected chi connectivity index (χ0v) is 22.2. The van der Waals surface area contributed by atoms with Crippen LogP contribution in [0.3, 0.4) is 0 Å². The quantitative estimate of drug-likeness (QED) is 0.245. The van der Waals surface area contributed by atoms with Crippen molar-refractivity contribution in [3.05, 3.63) is 97.1 Å². The number of hydrogen-bond acceptors (Lipinski definition) is 8. The SMILES string of the molecule is COc1ccc(-c2c(Nc3ccc(OC)nn3)nc3c(-c4ccccc4)c(-c4ccccc4)nn3c2OC)cc1. The monoisotopic (exact) mass is 530 g/mol. The number of ether oxygens (including phenoxy) is 3. The highest BCUT2D eigenvalue weighted by Crippen LogP contribution is 2.42. The van der Waals surface area contributed by atoms with Gasteiger partial charge in [0.2, 0.25) is 11.8 Å². The van der Waals surface area contributed by atoms with Crippen molar-refractivity contribution in [3.8, 4) is 51.0 Å². The number of methoxy groups -OCH3 is 3. The summed E-state index contributed by atoms with van der Waals surface area (Å²) in [4.78, 5) is 5.14. The Labute approximate surface area is 231 Å². The van der Waals surface area contributed by atoms with Gasteiger partial charge in [-0.2, -0.15) is 9.61 Å². The van der Waals surface area contributed by atoms with E-state index in [-0.39, 0.29) is 0 Å². The standard InChI is InChI=1S/C31H26N6O3/c1-38-23-16-14-21(15-17-23)27-29(32-24-18-19-25(39-2)35-34-24)33-30-26(20-10-6-4-7-11-20)28(22-12-8-5-9-13-22)36-37(30)31(27)40-3/h4-19H,1-3H3,(H,32,33,34). The van der Waals surface area contributed by atoms with Gasteiger partial charge in [0, 0.05) is 11.6 Å². The van der Waals surface area contributed by atoms with Crippen LogP contribution >= 0.6 is 0 Å². The topological polar surface area (TPSA) is 95.7 Å². The average Bonchev–Trinajstić information content (AvgIpc) is 3.41. The van der Waals surface area contributed by atoms with E-state index in [0.717, 1.165) is 33.7 Å². The Balaban J connectivity index is 1.66. The molecule has 0 fully saturated rings.